The molecule has 0 unspecified atom stereocenters. The number of hydrogen-bond donors (Lipinski definition) is 2. The van der Waals surface area contributed by atoms with Crippen LogP contribution in [-0.4, -0.2) is 22.6 Å². The standard InChI is InChI=1S/C15H14N2O2S/c1-11-4-5-12(3-2-7-18)13(9-11)15(19)17-10-14-16-6-8-20-14/h4-6,8-9,18H,7,10H2,1H3,(H,17,19). The minimum atomic E-state index is -0.228. The number of aliphatic hydroxyl groups excluding tert-OH is 1. The molecule has 4 nitrogen and oxygen atoms in total. The van der Waals surface area contributed by atoms with Crippen LogP contribution in [0.3, 0.4) is 0 Å². The second kappa shape index (κ2) is 6.85. The van der Waals surface area contributed by atoms with Crippen LogP contribution in [0.1, 0.15) is 26.5 Å². The van der Waals surface area contributed by atoms with Gasteiger partial charge in [-0.3, -0.25) is 4.79 Å². The summed E-state index contributed by atoms with van der Waals surface area (Å²) in [4.78, 5) is 16.3. The monoisotopic (exact) mass is 286 g/mol. The van der Waals surface area contributed by atoms with Gasteiger partial charge in [0, 0.05) is 17.1 Å². The van der Waals surface area contributed by atoms with Gasteiger partial charge in [0.25, 0.3) is 5.91 Å². The van der Waals surface area contributed by atoms with Gasteiger partial charge in [0.05, 0.1) is 12.1 Å². The third kappa shape index (κ3) is 3.67. The molecule has 0 radical (unpaired) electrons. The first-order chi connectivity index (χ1) is 9.70. The fourth-order valence-electron chi connectivity index (χ4n) is 1.68. The molecule has 2 N–H and O–H groups in total. The highest BCUT2D eigenvalue weighted by Crippen LogP contribution is 2.11. The van der Waals surface area contributed by atoms with Crippen molar-refractivity contribution in [3.8, 4) is 11.8 Å². The van der Waals surface area contributed by atoms with E-state index in [-0.39, 0.29) is 12.5 Å². The SMILES string of the molecule is Cc1ccc(C#CCO)c(C(=O)NCc2nccs2)c1. The maximum absolute atomic E-state index is 12.2. The highest BCUT2D eigenvalue weighted by molar-refractivity contribution is 7.09. The van der Waals surface area contributed by atoms with E-state index in [1.165, 1.54) is 11.3 Å². The predicted molar refractivity (Wildman–Crippen MR) is 78.4 cm³/mol. The molecular weight excluding hydrogens is 272 g/mol. The topological polar surface area (TPSA) is 62.2 Å². The summed E-state index contributed by atoms with van der Waals surface area (Å²) in [5.41, 5.74) is 2.11. The largest absolute Gasteiger partial charge is 0.384 e. The number of aromatic nitrogens is 1. The minimum absolute atomic E-state index is 0.189. The first-order valence-electron chi connectivity index (χ1n) is 6.07. The fraction of sp³-hybridized carbons (Fsp3) is 0.200. The van der Waals surface area contributed by atoms with Crippen LogP contribution in [0, 0.1) is 18.8 Å². The number of amides is 1. The lowest BCUT2D eigenvalue weighted by Crippen LogP contribution is -2.23. The number of nitrogens with zero attached hydrogens (tertiary/aromatic N) is 1. The van der Waals surface area contributed by atoms with Gasteiger partial charge < -0.3 is 10.4 Å². The van der Waals surface area contributed by atoms with E-state index >= 15 is 0 Å². The third-order valence-corrected chi connectivity index (χ3v) is 3.39. The Morgan fingerprint density at radius 3 is 3.05 bits per heavy atom. The number of nitrogens with one attached hydrogen (secondary N) is 1. The Hall–Kier alpha value is -2.16. The molecule has 0 fully saturated rings. The van der Waals surface area contributed by atoms with Crippen LogP contribution in [0.2, 0.25) is 0 Å². The van der Waals surface area contributed by atoms with Crippen LogP contribution in [0.5, 0.6) is 0 Å². The second-order valence-corrected chi connectivity index (χ2v) is 5.10. The lowest BCUT2D eigenvalue weighted by atomic mass is 10.0. The van der Waals surface area contributed by atoms with Gasteiger partial charge >= 0.3 is 0 Å². The van der Waals surface area contributed by atoms with Crippen LogP contribution in [0.15, 0.2) is 29.8 Å². The maximum Gasteiger partial charge on any atom is 0.252 e. The quantitative estimate of drug-likeness (QED) is 0.845. The van der Waals surface area contributed by atoms with E-state index in [1.54, 1.807) is 18.3 Å². The smallest absolute Gasteiger partial charge is 0.252 e. The van der Waals surface area contributed by atoms with E-state index < -0.39 is 0 Å². The van der Waals surface area contributed by atoms with Crippen LogP contribution < -0.4 is 5.32 Å². The summed E-state index contributed by atoms with van der Waals surface area (Å²) in [7, 11) is 0. The summed E-state index contributed by atoms with van der Waals surface area (Å²) in [6, 6.07) is 5.47. The second-order valence-electron chi connectivity index (χ2n) is 4.12. The molecule has 0 atom stereocenters. The molecular formula is C15H14N2O2S. The van der Waals surface area contributed by atoms with Crippen molar-refractivity contribution in [3.05, 3.63) is 51.5 Å². The summed E-state index contributed by atoms with van der Waals surface area (Å²) in [6.45, 7) is 2.09. The molecule has 1 amide bonds. The lowest BCUT2D eigenvalue weighted by Gasteiger charge is -2.07. The molecule has 0 aliphatic carbocycles. The zero-order chi connectivity index (χ0) is 14.4. The number of aliphatic hydroxyl groups is 1. The van der Waals surface area contributed by atoms with Crippen LogP contribution in [-0.2, 0) is 6.54 Å². The zero-order valence-corrected chi connectivity index (χ0v) is 11.8. The van der Waals surface area contributed by atoms with Gasteiger partial charge in [-0.1, -0.05) is 23.5 Å². The summed E-state index contributed by atoms with van der Waals surface area (Å²) < 4.78 is 0. The fourth-order valence-corrected chi connectivity index (χ4v) is 2.24. The number of carbonyl (C=O) groups excluding carboxylic acids is 1. The molecule has 2 aromatic rings. The van der Waals surface area contributed by atoms with Gasteiger partial charge in [-0.05, 0) is 19.1 Å². The normalized spacial score (nSPS) is 9.70. The van der Waals surface area contributed by atoms with Crippen molar-refractivity contribution in [3.63, 3.8) is 0 Å². The molecule has 0 aliphatic heterocycles. The third-order valence-electron chi connectivity index (χ3n) is 2.61. The summed E-state index contributed by atoms with van der Waals surface area (Å²) in [5.74, 6) is 5.17. The molecule has 0 saturated heterocycles. The van der Waals surface area contributed by atoms with E-state index in [9.17, 15) is 4.79 Å². The molecule has 5 heteroatoms. The number of benzene rings is 1. The molecule has 0 aliphatic rings. The highest BCUT2D eigenvalue weighted by atomic mass is 32.1. The Labute approximate surface area is 121 Å². The van der Waals surface area contributed by atoms with E-state index in [1.807, 2.05) is 18.4 Å². The molecule has 102 valence electrons. The average molecular weight is 286 g/mol. The Morgan fingerprint density at radius 2 is 2.35 bits per heavy atom. The van der Waals surface area contributed by atoms with Gasteiger partial charge in [0.15, 0.2) is 0 Å². The van der Waals surface area contributed by atoms with Gasteiger partial charge in [0.2, 0.25) is 0 Å². The Bertz CT molecular complexity index is 654. The van der Waals surface area contributed by atoms with Gasteiger partial charge in [0.1, 0.15) is 11.6 Å². The van der Waals surface area contributed by atoms with Crippen LogP contribution >= 0.6 is 11.3 Å². The van der Waals surface area contributed by atoms with Crippen molar-refractivity contribution < 1.29 is 9.90 Å². The molecule has 2 rings (SSSR count). The number of rotatable bonds is 3. The molecule has 0 spiro atoms. The lowest BCUT2D eigenvalue weighted by molar-refractivity contribution is 0.0950. The minimum Gasteiger partial charge on any atom is -0.384 e. The maximum atomic E-state index is 12.2. The van der Waals surface area contributed by atoms with Crippen LogP contribution in [0.4, 0.5) is 0 Å². The molecule has 0 saturated carbocycles. The first-order valence-corrected chi connectivity index (χ1v) is 6.95. The summed E-state index contributed by atoms with van der Waals surface area (Å²) in [5, 5.41) is 14.3. The van der Waals surface area contributed by atoms with Crippen molar-refractivity contribution in [1.82, 2.24) is 10.3 Å². The van der Waals surface area contributed by atoms with Gasteiger partial charge in [-0.2, -0.15) is 0 Å². The van der Waals surface area contributed by atoms with E-state index in [4.69, 9.17) is 5.11 Å². The zero-order valence-electron chi connectivity index (χ0n) is 11.0. The summed E-state index contributed by atoms with van der Waals surface area (Å²) in [6.07, 6.45) is 1.71. The van der Waals surface area contributed by atoms with Crippen molar-refractivity contribution in [1.29, 1.82) is 0 Å². The van der Waals surface area contributed by atoms with E-state index in [2.05, 4.69) is 22.1 Å². The molecule has 0 bridgehead atoms. The Kier molecular flexibility index (Phi) is 4.88. The van der Waals surface area contributed by atoms with Crippen molar-refractivity contribution >= 4 is 17.2 Å². The van der Waals surface area contributed by atoms with Crippen LogP contribution in [0.25, 0.3) is 0 Å². The van der Waals surface area contributed by atoms with Crippen molar-refractivity contribution in [2.24, 2.45) is 0 Å². The molecule has 1 heterocycles. The first kappa shape index (κ1) is 14.3. The molecule has 1 aromatic carbocycles. The Morgan fingerprint density at radius 1 is 1.50 bits per heavy atom. The number of hydrogen-bond acceptors (Lipinski definition) is 4. The van der Waals surface area contributed by atoms with E-state index in [0.717, 1.165) is 10.6 Å². The molecule has 20 heavy (non-hydrogen) atoms. The van der Waals surface area contributed by atoms with Gasteiger partial charge in [-0.15, -0.1) is 11.3 Å². The average Bonchev–Trinajstić information content (AvgIpc) is 2.96. The van der Waals surface area contributed by atoms with E-state index in [0.29, 0.717) is 17.7 Å². The number of thiazole rings is 1. The van der Waals surface area contributed by atoms with Crippen molar-refractivity contribution in [2.45, 2.75) is 13.5 Å². The number of carbonyl (C=O) groups is 1. The highest BCUT2D eigenvalue weighted by Gasteiger charge is 2.10. The predicted octanol–water partition coefficient (Wildman–Crippen LogP) is 1.73. The molecule has 1 aromatic heterocycles. The van der Waals surface area contributed by atoms with Gasteiger partial charge in [-0.25, -0.2) is 4.98 Å². The summed E-state index contributed by atoms with van der Waals surface area (Å²) >= 11 is 1.49. The Balaban J connectivity index is 2.17. The van der Waals surface area contributed by atoms with Crippen molar-refractivity contribution in [2.75, 3.05) is 6.61 Å². The number of aryl methyl sites for hydroxylation is 1.